The topological polar surface area (TPSA) is 35.5 Å². The maximum atomic E-state index is 10.7. The van der Waals surface area contributed by atoms with Gasteiger partial charge in [0.1, 0.15) is 6.10 Å². The van der Waals surface area contributed by atoms with E-state index in [1.807, 2.05) is 6.08 Å². The van der Waals surface area contributed by atoms with Crippen LogP contribution >= 0.6 is 0 Å². The first kappa shape index (κ1) is 9.10. The molecular weight excluding hydrogens is 156 g/mol. The van der Waals surface area contributed by atoms with E-state index in [1.165, 1.54) is 13.5 Å². The Bertz CT molecular complexity index is 175. The zero-order valence-corrected chi connectivity index (χ0v) is 7.29. The van der Waals surface area contributed by atoms with Crippen molar-refractivity contribution in [2.24, 2.45) is 0 Å². The molecule has 0 bridgehead atoms. The SMILES string of the molecule is COC(=O)OC1C=CCCCC1. The molecule has 0 fully saturated rings. The van der Waals surface area contributed by atoms with Crippen LogP contribution in [0.5, 0.6) is 0 Å². The molecular formula is C9H14O3. The highest BCUT2D eigenvalue weighted by Gasteiger charge is 2.12. The quantitative estimate of drug-likeness (QED) is 0.447. The van der Waals surface area contributed by atoms with Gasteiger partial charge < -0.3 is 9.47 Å². The van der Waals surface area contributed by atoms with E-state index in [-0.39, 0.29) is 6.10 Å². The van der Waals surface area contributed by atoms with Crippen molar-refractivity contribution < 1.29 is 14.3 Å². The molecule has 68 valence electrons. The number of ether oxygens (including phenoxy) is 2. The van der Waals surface area contributed by atoms with E-state index in [0.29, 0.717) is 0 Å². The van der Waals surface area contributed by atoms with Gasteiger partial charge >= 0.3 is 6.16 Å². The smallest absolute Gasteiger partial charge is 0.438 e. The Hall–Kier alpha value is -0.990. The molecule has 0 saturated heterocycles. The summed E-state index contributed by atoms with van der Waals surface area (Å²) in [5.41, 5.74) is 0. The molecule has 1 aliphatic rings. The first-order valence-corrected chi connectivity index (χ1v) is 4.24. The Kier molecular flexibility index (Phi) is 3.64. The second-order valence-electron chi connectivity index (χ2n) is 2.82. The summed E-state index contributed by atoms with van der Waals surface area (Å²) in [6.45, 7) is 0. The summed E-state index contributed by atoms with van der Waals surface area (Å²) in [6.07, 6.45) is 7.59. The van der Waals surface area contributed by atoms with Crippen molar-refractivity contribution in [3.63, 3.8) is 0 Å². The lowest BCUT2D eigenvalue weighted by Crippen LogP contribution is -2.15. The lowest BCUT2D eigenvalue weighted by Gasteiger charge is -2.10. The molecule has 3 heteroatoms. The summed E-state index contributed by atoms with van der Waals surface area (Å²) in [5.74, 6) is 0. The highest BCUT2D eigenvalue weighted by molar-refractivity contribution is 5.60. The third-order valence-corrected chi connectivity index (χ3v) is 1.87. The first-order valence-electron chi connectivity index (χ1n) is 4.24. The van der Waals surface area contributed by atoms with Crippen molar-refractivity contribution in [1.29, 1.82) is 0 Å². The largest absolute Gasteiger partial charge is 0.508 e. The van der Waals surface area contributed by atoms with Gasteiger partial charge in [0.25, 0.3) is 0 Å². The third kappa shape index (κ3) is 2.95. The number of carbonyl (C=O) groups excluding carboxylic acids is 1. The van der Waals surface area contributed by atoms with Gasteiger partial charge in [-0.1, -0.05) is 6.08 Å². The summed E-state index contributed by atoms with van der Waals surface area (Å²) in [4.78, 5) is 10.7. The molecule has 0 aromatic rings. The van der Waals surface area contributed by atoms with Gasteiger partial charge in [0.15, 0.2) is 0 Å². The van der Waals surface area contributed by atoms with Crippen molar-refractivity contribution in [2.75, 3.05) is 7.11 Å². The zero-order valence-electron chi connectivity index (χ0n) is 7.29. The number of rotatable bonds is 1. The Balaban J connectivity index is 2.34. The van der Waals surface area contributed by atoms with Gasteiger partial charge in [0.2, 0.25) is 0 Å². The number of hydrogen-bond donors (Lipinski definition) is 0. The zero-order chi connectivity index (χ0) is 8.81. The number of methoxy groups -OCH3 is 1. The Morgan fingerprint density at radius 2 is 2.33 bits per heavy atom. The molecule has 0 amide bonds. The van der Waals surface area contributed by atoms with Crippen LogP contribution in [-0.2, 0) is 9.47 Å². The van der Waals surface area contributed by atoms with Crippen molar-refractivity contribution in [1.82, 2.24) is 0 Å². The van der Waals surface area contributed by atoms with Crippen LogP contribution < -0.4 is 0 Å². The summed E-state index contributed by atoms with van der Waals surface area (Å²) in [7, 11) is 1.32. The molecule has 0 aromatic carbocycles. The minimum absolute atomic E-state index is 0.0834. The van der Waals surface area contributed by atoms with Crippen LogP contribution in [0.1, 0.15) is 25.7 Å². The van der Waals surface area contributed by atoms with E-state index in [1.54, 1.807) is 0 Å². The highest BCUT2D eigenvalue weighted by Crippen LogP contribution is 2.14. The van der Waals surface area contributed by atoms with Crippen molar-refractivity contribution in [3.05, 3.63) is 12.2 Å². The molecule has 0 spiro atoms. The maximum Gasteiger partial charge on any atom is 0.508 e. The van der Waals surface area contributed by atoms with Crippen molar-refractivity contribution in [2.45, 2.75) is 31.8 Å². The van der Waals surface area contributed by atoms with Gasteiger partial charge in [-0.15, -0.1) is 0 Å². The summed E-state index contributed by atoms with van der Waals surface area (Å²) >= 11 is 0. The highest BCUT2D eigenvalue weighted by atomic mass is 16.7. The first-order chi connectivity index (χ1) is 5.83. The van der Waals surface area contributed by atoms with Crippen molar-refractivity contribution in [3.8, 4) is 0 Å². The summed E-state index contributed by atoms with van der Waals surface area (Å²) in [5, 5.41) is 0. The average Bonchev–Trinajstić information content (AvgIpc) is 2.33. The fourth-order valence-corrected chi connectivity index (χ4v) is 1.22. The van der Waals surface area contributed by atoms with Gasteiger partial charge in [-0.25, -0.2) is 4.79 Å². The maximum absolute atomic E-state index is 10.7. The fraction of sp³-hybridized carbons (Fsp3) is 0.667. The van der Waals surface area contributed by atoms with Crippen LogP contribution in [0.2, 0.25) is 0 Å². The monoisotopic (exact) mass is 170 g/mol. The average molecular weight is 170 g/mol. The molecule has 12 heavy (non-hydrogen) atoms. The van der Waals surface area contributed by atoms with Gasteiger partial charge in [0.05, 0.1) is 7.11 Å². The van der Waals surface area contributed by atoms with Gasteiger partial charge in [-0.3, -0.25) is 0 Å². The number of hydrogen-bond acceptors (Lipinski definition) is 3. The molecule has 1 unspecified atom stereocenters. The van der Waals surface area contributed by atoms with Gasteiger partial charge in [0, 0.05) is 0 Å². The molecule has 0 aromatic heterocycles. The minimum atomic E-state index is -0.591. The Morgan fingerprint density at radius 3 is 3.08 bits per heavy atom. The summed E-state index contributed by atoms with van der Waals surface area (Å²) < 4.78 is 9.37. The normalized spacial score (nSPS) is 22.9. The van der Waals surface area contributed by atoms with Crippen LogP contribution in [0, 0.1) is 0 Å². The third-order valence-electron chi connectivity index (χ3n) is 1.87. The minimum Gasteiger partial charge on any atom is -0.438 e. The Morgan fingerprint density at radius 1 is 1.50 bits per heavy atom. The van der Waals surface area contributed by atoms with Crippen LogP contribution in [-0.4, -0.2) is 19.4 Å². The van der Waals surface area contributed by atoms with Crippen LogP contribution in [0.4, 0.5) is 4.79 Å². The second-order valence-corrected chi connectivity index (χ2v) is 2.82. The summed E-state index contributed by atoms with van der Waals surface area (Å²) in [6, 6.07) is 0. The van der Waals surface area contributed by atoms with E-state index in [2.05, 4.69) is 10.8 Å². The van der Waals surface area contributed by atoms with Gasteiger partial charge in [-0.05, 0) is 31.8 Å². The molecule has 1 aliphatic carbocycles. The predicted octanol–water partition coefficient (Wildman–Crippen LogP) is 2.27. The number of carbonyl (C=O) groups is 1. The van der Waals surface area contributed by atoms with E-state index >= 15 is 0 Å². The molecule has 1 rings (SSSR count). The molecule has 1 atom stereocenters. The molecule has 3 nitrogen and oxygen atoms in total. The fourth-order valence-electron chi connectivity index (χ4n) is 1.22. The van der Waals surface area contributed by atoms with E-state index in [9.17, 15) is 4.79 Å². The van der Waals surface area contributed by atoms with E-state index in [0.717, 1.165) is 19.3 Å². The van der Waals surface area contributed by atoms with E-state index in [4.69, 9.17) is 4.74 Å². The number of allylic oxidation sites excluding steroid dienone is 1. The van der Waals surface area contributed by atoms with E-state index < -0.39 is 6.16 Å². The lowest BCUT2D eigenvalue weighted by molar-refractivity contribution is 0.0498. The van der Waals surface area contributed by atoms with Crippen LogP contribution in [0.15, 0.2) is 12.2 Å². The van der Waals surface area contributed by atoms with Gasteiger partial charge in [-0.2, -0.15) is 0 Å². The van der Waals surface area contributed by atoms with Crippen LogP contribution in [0.25, 0.3) is 0 Å². The Labute approximate surface area is 72.4 Å². The molecule has 0 aliphatic heterocycles. The lowest BCUT2D eigenvalue weighted by atomic mass is 10.2. The molecule has 0 N–H and O–H groups in total. The second kappa shape index (κ2) is 4.80. The molecule has 0 heterocycles. The molecule has 0 radical (unpaired) electrons. The standard InChI is InChI=1S/C9H14O3/c1-11-9(10)12-8-6-4-2-3-5-7-8/h4,6,8H,2-3,5,7H2,1H3. The van der Waals surface area contributed by atoms with Crippen LogP contribution in [0.3, 0.4) is 0 Å². The molecule has 0 saturated carbocycles. The van der Waals surface area contributed by atoms with Crippen molar-refractivity contribution >= 4 is 6.16 Å². The predicted molar refractivity (Wildman–Crippen MR) is 44.9 cm³/mol.